The average Bonchev–Trinajstić information content (AvgIpc) is 2.73. The maximum atomic E-state index is 11.6. The first-order valence-electron chi connectivity index (χ1n) is 6.78. The average molecular weight is 257 g/mol. The molecule has 1 saturated heterocycles. The van der Waals surface area contributed by atoms with Crippen LogP contribution in [0.3, 0.4) is 0 Å². The Kier molecular flexibility index (Phi) is 3.15. The summed E-state index contributed by atoms with van der Waals surface area (Å²) in [5.74, 6) is 0.734. The summed E-state index contributed by atoms with van der Waals surface area (Å²) in [5, 5.41) is 0. The fourth-order valence-corrected chi connectivity index (χ4v) is 3.46. The summed E-state index contributed by atoms with van der Waals surface area (Å²) in [7, 11) is 3.58. The smallest absolute Gasteiger partial charge is 0.330 e. The predicted octanol–water partition coefficient (Wildman–Crippen LogP) is 2.29. The molecular formula is C16H19NO2. The van der Waals surface area contributed by atoms with E-state index < -0.39 is 0 Å². The van der Waals surface area contributed by atoms with Crippen molar-refractivity contribution >= 4 is 11.5 Å². The highest BCUT2D eigenvalue weighted by molar-refractivity contribution is 5.94. The molecule has 0 unspecified atom stereocenters. The molecule has 1 heterocycles. The zero-order valence-electron chi connectivity index (χ0n) is 11.4. The SMILES string of the molecule is COC(=O)/C=C1\c2ccccc2[C@@H]2CCN(C)C[C@H]12. The number of carbonyl (C=O) groups is 1. The number of rotatable bonds is 1. The van der Waals surface area contributed by atoms with Crippen molar-refractivity contribution in [1.29, 1.82) is 0 Å². The van der Waals surface area contributed by atoms with Gasteiger partial charge in [0.15, 0.2) is 0 Å². The Hall–Kier alpha value is -1.61. The molecule has 0 aromatic heterocycles. The first kappa shape index (κ1) is 12.4. The number of fused-ring (bicyclic) bond motifs is 3. The lowest BCUT2D eigenvalue weighted by Crippen LogP contribution is -2.35. The molecule has 0 saturated carbocycles. The Labute approximate surface area is 113 Å². The highest BCUT2D eigenvalue weighted by Crippen LogP contribution is 2.49. The first-order chi connectivity index (χ1) is 9.20. The third kappa shape index (κ3) is 2.08. The maximum absolute atomic E-state index is 11.6. The van der Waals surface area contributed by atoms with E-state index in [1.807, 2.05) is 6.07 Å². The van der Waals surface area contributed by atoms with Gasteiger partial charge in [0.05, 0.1) is 7.11 Å². The fraction of sp³-hybridized carbons (Fsp3) is 0.438. The lowest BCUT2D eigenvalue weighted by atomic mass is 9.84. The van der Waals surface area contributed by atoms with Crippen LogP contribution in [0.25, 0.3) is 5.57 Å². The van der Waals surface area contributed by atoms with E-state index in [4.69, 9.17) is 4.74 Å². The molecule has 19 heavy (non-hydrogen) atoms. The van der Waals surface area contributed by atoms with Gasteiger partial charge in [-0.25, -0.2) is 4.79 Å². The molecule has 1 aromatic rings. The van der Waals surface area contributed by atoms with Gasteiger partial charge in [0.25, 0.3) is 0 Å². The topological polar surface area (TPSA) is 29.5 Å². The minimum Gasteiger partial charge on any atom is -0.466 e. The zero-order chi connectivity index (χ0) is 13.4. The number of hydrogen-bond donors (Lipinski definition) is 0. The second kappa shape index (κ2) is 4.82. The molecule has 1 aromatic carbocycles. The van der Waals surface area contributed by atoms with Crippen LogP contribution in [0.15, 0.2) is 30.3 Å². The quantitative estimate of drug-likeness (QED) is 0.571. The lowest BCUT2D eigenvalue weighted by molar-refractivity contribution is -0.134. The van der Waals surface area contributed by atoms with Crippen molar-refractivity contribution in [2.75, 3.05) is 27.2 Å². The van der Waals surface area contributed by atoms with Crippen molar-refractivity contribution in [3.8, 4) is 0 Å². The minimum atomic E-state index is -0.251. The van der Waals surface area contributed by atoms with Crippen LogP contribution in [-0.4, -0.2) is 38.1 Å². The number of esters is 1. The van der Waals surface area contributed by atoms with Gasteiger partial charge in [-0.1, -0.05) is 24.3 Å². The molecule has 0 bridgehead atoms. The molecule has 100 valence electrons. The third-order valence-electron chi connectivity index (χ3n) is 4.36. The number of nitrogens with zero attached hydrogens (tertiary/aromatic N) is 1. The second-order valence-electron chi connectivity index (χ2n) is 5.47. The van der Waals surface area contributed by atoms with Crippen LogP contribution in [0.2, 0.25) is 0 Å². The molecule has 1 aliphatic heterocycles. The van der Waals surface area contributed by atoms with E-state index in [1.165, 1.54) is 18.2 Å². The summed E-state index contributed by atoms with van der Waals surface area (Å²) < 4.78 is 4.80. The molecule has 0 amide bonds. The number of ether oxygens (including phenoxy) is 1. The Balaban J connectivity index is 2.06. The Bertz CT molecular complexity index is 535. The first-order valence-corrected chi connectivity index (χ1v) is 6.78. The van der Waals surface area contributed by atoms with Gasteiger partial charge in [0.1, 0.15) is 0 Å². The monoisotopic (exact) mass is 257 g/mol. The summed E-state index contributed by atoms with van der Waals surface area (Å²) in [5.41, 5.74) is 3.79. The summed E-state index contributed by atoms with van der Waals surface area (Å²) in [6.07, 6.45) is 2.85. The largest absolute Gasteiger partial charge is 0.466 e. The summed E-state index contributed by atoms with van der Waals surface area (Å²) in [6, 6.07) is 8.47. The van der Waals surface area contributed by atoms with Crippen molar-refractivity contribution in [3.05, 3.63) is 41.5 Å². The van der Waals surface area contributed by atoms with Gasteiger partial charge in [0.2, 0.25) is 0 Å². The van der Waals surface area contributed by atoms with Crippen LogP contribution in [0, 0.1) is 5.92 Å². The summed E-state index contributed by atoms with van der Waals surface area (Å²) >= 11 is 0. The van der Waals surface area contributed by atoms with Crippen LogP contribution >= 0.6 is 0 Å². The number of hydrogen-bond acceptors (Lipinski definition) is 3. The molecule has 2 atom stereocenters. The van der Waals surface area contributed by atoms with Crippen molar-refractivity contribution in [3.63, 3.8) is 0 Å². The van der Waals surface area contributed by atoms with E-state index >= 15 is 0 Å². The van der Waals surface area contributed by atoms with E-state index in [-0.39, 0.29) is 5.97 Å². The number of benzene rings is 1. The van der Waals surface area contributed by atoms with Crippen molar-refractivity contribution < 1.29 is 9.53 Å². The van der Waals surface area contributed by atoms with Gasteiger partial charge in [-0.15, -0.1) is 0 Å². The number of carbonyl (C=O) groups excluding carboxylic acids is 1. The Morgan fingerprint density at radius 3 is 2.95 bits per heavy atom. The fourth-order valence-electron chi connectivity index (χ4n) is 3.46. The van der Waals surface area contributed by atoms with Gasteiger partial charge in [0, 0.05) is 18.5 Å². The number of likely N-dealkylation sites (tertiary alicyclic amines) is 1. The molecule has 0 radical (unpaired) electrons. The molecule has 0 spiro atoms. The Morgan fingerprint density at radius 1 is 1.37 bits per heavy atom. The van der Waals surface area contributed by atoms with Gasteiger partial charge in [-0.2, -0.15) is 0 Å². The van der Waals surface area contributed by atoms with Crippen molar-refractivity contribution in [2.24, 2.45) is 5.92 Å². The molecule has 1 fully saturated rings. The number of piperidine rings is 1. The molecule has 3 nitrogen and oxygen atoms in total. The molecular weight excluding hydrogens is 238 g/mol. The van der Waals surface area contributed by atoms with Gasteiger partial charge < -0.3 is 9.64 Å². The molecule has 2 aliphatic rings. The molecule has 1 aliphatic carbocycles. The van der Waals surface area contributed by atoms with E-state index in [9.17, 15) is 4.79 Å². The summed E-state index contributed by atoms with van der Waals surface area (Å²) in [6.45, 7) is 2.14. The van der Waals surface area contributed by atoms with Gasteiger partial charge >= 0.3 is 5.97 Å². The van der Waals surface area contributed by atoms with Crippen molar-refractivity contribution in [1.82, 2.24) is 4.90 Å². The van der Waals surface area contributed by atoms with Crippen molar-refractivity contribution in [2.45, 2.75) is 12.3 Å². The standard InChI is InChI=1S/C16H19NO2/c1-17-8-7-13-11-5-3-4-6-12(11)14(15(13)10-17)9-16(18)19-2/h3-6,9,13,15H,7-8,10H2,1-2H3/b14-9+/t13-,15-/m0/s1. The highest BCUT2D eigenvalue weighted by Gasteiger charge is 2.39. The molecule has 0 N–H and O–H groups in total. The zero-order valence-corrected chi connectivity index (χ0v) is 11.4. The minimum absolute atomic E-state index is 0.251. The highest BCUT2D eigenvalue weighted by atomic mass is 16.5. The van der Waals surface area contributed by atoms with Crippen LogP contribution in [0.5, 0.6) is 0 Å². The van der Waals surface area contributed by atoms with E-state index in [1.54, 1.807) is 6.08 Å². The summed E-state index contributed by atoms with van der Waals surface area (Å²) in [4.78, 5) is 14.0. The van der Waals surface area contributed by atoms with E-state index in [0.717, 1.165) is 25.1 Å². The Morgan fingerprint density at radius 2 is 2.16 bits per heavy atom. The predicted molar refractivity (Wildman–Crippen MR) is 74.8 cm³/mol. The van der Waals surface area contributed by atoms with Crippen LogP contribution in [0.4, 0.5) is 0 Å². The van der Waals surface area contributed by atoms with Crippen LogP contribution < -0.4 is 0 Å². The second-order valence-corrected chi connectivity index (χ2v) is 5.47. The molecule has 3 rings (SSSR count). The van der Waals surface area contributed by atoms with Gasteiger partial charge in [-0.05, 0) is 42.6 Å². The van der Waals surface area contributed by atoms with E-state index in [0.29, 0.717) is 11.8 Å². The van der Waals surface area contributed by atoms with E-state index in [2.05, 4.69) is 30.1 Å². The maximum Gasteiger partial charge on any atom is 0.330 e. The van der Waals surface area contributed by atoms with Crippen LogP contribution in [0.1, 0.15) is 23.5 Å². The third-order valence-corrected chi connectivity index (χ3v) is 4.36. The normalized spacial score (nSPS) is 28.0. The van der Waals surface area contributed by atoms with Gasteiger partial charge in [-0.3, -0.25) is 0 Å². The number of methoxy groups -OCH3 is 1. The lowest BCUT2D eigenvalue weighted by Gasteiger charge is -2.33. The van der Waals surface area contributed by atoms with Crippen LogP contribution in [-0.2, 0) is 9.53 Å². The molecule has 3 heteroatoms.